The Bertz CT molecular complexity index is 805. The van der Waals surface area contributed by atoms with Crippen molar-refractivity contribution in [2.45, 2.75) is 6.42 Å². The molecule has 0 atom stereocenters. The first-order valence-electron chi connectivity index (χ1n) is 7.57. The van der Waals surface area contributed by atoms with E-state index in [9.17, 15) is 5.11 Å². The summed E-state index contributed by atoms with van der Waals surface area (Å²) < 4.78 is 5.07. The topological polar surface area (TPSA) is 67.3 Å². The van der Waals surface area contributed by atoms with E-state index in [4.69, 9.17) is 4.74 Å². The van der Waals surface area contributed by atoms with E-state index in [2.05, 4.69) is 15.3 Å². The number of nitrogens with zero attached hydrogens (tertiary/aromatic N) is 2. The van der Waals surface area contributed by atoms with Gasteiger partial charge in [-0.2, -0.15) is 0 Å². The van der Waals surface area contributed by atoms with Crippen LogP contribution in [0.3, 0.4) is 0 Å². The minimum atomic E-state index is 0.174. The second-order valence-electron chi connectivity index (χ2n) is 5.20. The number of phenolic OH excluding ortho intramolecular Hbond substituents is 1. The largest absolute Gasteiger partial charge is 0.507 e. The van der Waals surface area contributed by atoms with Gasteiger partial charge in [-0.1, -0.05) is 24.3 Å². The number of aromatic nitrogens is 2. The molecule has 5 heteroatoms. The molecular weight excluding hydrogens is 290 g/mol. The van der Waals surface area contributed by atoms with Gasteiger partial charge in [0.25, 0.3) is 0 Å². The molecule has 2 N–H and O–H groups in total. The molecule has 23 heavy (non-hydrogen) atoms. The molecule has 3 rings (SSSR count). The van der Waals surface area contributed by atoms with Gasteiger partial charge in [0.1, 0.15) is 11.6 Å². The van der Waals surface area contributed by atoms with Gasteiger partial charge in [-0.05, 0) is 30.7 Å². The zero-order valence-electron chi connectivity index (χ0n) is 13.0. The number of ether oxygens (including phenoxy) is 1. The van der Waals surface area contributed by atoms with E-state index >= 15 is 0 Å². The van der Waals surface area contributed by atoms with Crippen molar-refractivity contribution in [2.24, 2.45) is 0 Å². The number of aromatic hydroxyl groups is 1. The molecule has 2 aromatic carbocycles. The third kappa shape index (κ3) is 3.40. The number of hydrogen-bond acceptors (Lipinski definition) is 5. The summed E-state index contributed by atoms with van der Waals surface area (Å²) in [5, 5.41) is 14.4. The maximum Gasteiger partial charge on any atom is 0.165 e. The van der Waals surface area contributed by atoms with Gasteiger partial charge in [-0.25, -0.2) is 9.97 Å². The first-order valence-corrected chi connectivity index (χ1v) is 7.57. The number of phenols is 1. The van der Waals surface area contributed by atoms with E-state index in [1.165, 1.54) is 0 Å². The van der Waals surface area contributed by atoms with E-state index in [1.807, 2.05) is 36.4 Å². The Morgan fingerprint density at radius 1 is 1.04 bits per heavy atom. The maximum absolute atomic E-state index is 10.1. The Morgan fingerprint density at radius 2 is 1.83 bits per heavy atom. The molecule has 118 valence electrons. The van der Waals surface area contributed by atoms with Crippen LogP contribution < -0.4 is 5.32 Å². The van der Waals surface area contributed by atoms with Crippen LogP contribution in [0.1, 0.15) is 6.42 Å². The fraction of sp³-hybridized carbons (Fsp3) is 0.222. The highest BCUT2D eigenvalue weighted by atomic mass is 16.5. The standard InChI is InChI=1S/C18H19N3O2/c1-23-12-6-11-19-17-13-7-2-4-9-15(13)20-18(21-17)14-8-3-5-10-16(14)22/h2-5,7-10,22H,6,11-12H2,1H3,(H,19,20,21). The molecule has 5 nitrogen and oxygen atoms in total. The summed E-state index contributed by atoms with van der Waals surface area (Å²) in [7, 11) is 1.69. The fourth-order valence-corrected chi connectivity index (χ4v) is 2.42. The molecule has 0 amide bonds. The van der Waals surface area contributed by atoms with Crippen LogP contribution in [0, 0.1) is 0 Å². The Kier molecular flexibility index (Phi) is 4.68. The highest BCUT2D eigenvalue weighted by Gasteiger charge is 2.11. The molecule has 1 aromatic heterocycles. The molecule has 0 spiro atoms. The number of fused-ring (bicyclic) bond motifs is 1. The number of anilines is 1. The van der Waals surface area contributed by atoms with Gasteiger partial charge in [-0.15, -0.1) is 0 Å². The highest BCUT2D eigenvalue weighted by Crippen LogP contribution is 2.29. The minimum absolute atomic E-state index is 0.174. The summed E-state index contributed by atoms with van der Waals surface area (Å²) in [6.07, 6.45) is 0.890. The third-order valence-electron chi connectivity index (χ3n) is 3.57. The average Bonchev–Trinajstić information content (AvgIpc) is 2.59. The molecule has 0 bridgehead atoms. The summed E-state index contributed by atoms with van der Waals surface area (Å²) in [5.74, 6) is 1.45. The molecule has 0 saturated carbocycles. The van der Waals surface area contributed by atoms with Crippen molar-refractivity contribution in [2.75, 3.05) is 25.6 Å². The van der Waals surface area contributed by atoms with Gasteiger partial charge < -0.3 is 15.2 Å². The van der Waals surface area contributed by atoms with Crippen LogP contribution in [0.5, 0.6) is 5.75 Å². The van der Waals surface area contributed by atoms with Crippen molar-refractivity contribution in [1.82, 2.24) is 9.97 Å². The van der Waals surface area contributed by atoms with Crippen LogP contribution in [-0.2, 0) is 4.74 Å². The van der Waals surface area contributed by atoms with Gasteiger partial charge in [-0.3, -0.25) is 0 Å². The zero-order valence-corrected chi connectivity index (χ0v) is 13.0. The maximum atomic E-state index is 10.1. The molecule has 0 fully saturated rings. The first-order chi connectivity index (χ1) is 11.3. The lowest BCUT2D eigenvalue weighted by atomic mass is 10.1. The summed E-state index contributed by atoms with van der Waals surface area (Å²) >= 11 is 0. The summed E-state index contributed by atoms with van der Waals surface area (Å²) in [4.78, 5) is 9.18. The minimum Gasteiger partial charge on any atom is -0.507 e. The summed E-state index contributed by atoms with van der Waals surface area (Å²) in [6, 6.07) is 14.9. The Hall–Kier alpha value is -2.66. The number of methoxy groups -OCH3 is 1. The second kappa shape index (κ2) is 7.07. The van der Waals surface area contributed by atoms with Crippen molar-refractivity contribution in [3.05, 3.63) is 48.5 Å². The molecular formula is C18H19N3O2. The van der Waals surface area contributed by atoms with Crippen LogP contribution in [-0.4, -0.2) is 35.3 Å². The van der Waals surface area contributed by atoms with Gasteiger partial charge >= 0.3 is 0 Å². The van der Waals surface area contributed by atoms with Crippen LogP contribution in [0.2, 0.25) is 0 Å². The lowest BCUT2D eigenvalue weighted by Gasteiger charge is -2.11. The molecule has 0 radical (unpaired) electrons. The summed E-state index contributed by atoms with van der Waals surface area (Å²) in [6.45, 7) is 1.46. The fourth-order valence-electron chi connectivity index (χ4n) is 2.42. The lowest BCUT2D eigenvalue weighted by molar-refractivity contribution is 0.198. The van der Waals surface area contributed by atoms with Gasteiger partial charge in [0.15, 0.2) is 5.82 Å². The molecule has 0 aliphatic heterocycles. The highest BCUT2D eigenvalue weighted by molar-refractivity contribution is 5.90. The molecule has 0 saturated heterocycles. The second-order valence-corrected chi connectivity index (χ2v) is 5.20. The van der Waals surface area contributed by atoms with Crippen molar-refractivity contribution in [3.63, 3.8) is 0 Å². The SMILES string of the molecule is COCCCNc1nc(-c2ccccc2O)nc2ccccc12. The number of para-hydroxylation sites is 2. The predicted octanol–water partition coefficient (Wildman–Crippen LogP) is 3.45. The van der Waals surface area contributed by atoms with E-state index in [0.717, 1.165) is 29.7 Å². The molecule has 0 aliphatic rings. The Morgan fingerprint density at radius 3 is 2.65 bits per heavy atom. The van der Waals surface area contributed by atoms with E-state index in [1.54, 1.807) is 19.2 Å². The Labute approximate surface area is 135 Å². The average molecular weight is 309 g/mol. The summed E-state index contributed by atoms with van der Waals surface area (Å²) in [5.41, 5.74) is 1.47. The number of hydrogen-bond donors (Lipinski definition) is 2. The first kappa shape index (κ1) is 15.2. The quantitative estimate of drug-likeness (QED) is 0.683. The normalized spacial score (nSPS) is 10.8. The van der Waals surface area contributed by atoms with Gasteiger partial charge in [0, 0.05) is 25.6 Å². The van der Waals surface area contributed by atoms with Crippen LogP contribution >= 0.6 is 0 Å². The van der Waals surface area contributed by atoms with Crippen LogP contribution in [0.4, 0.5) is 5.82 Å². The Balaban J connectivity index is 2.01. The number of rotatable bonds is 6. The molecule has 0 unspecified atom stereocenters. The van der Waals surface area contributed by atoms with Crippen LogP contribution in [0.15, 0.2) is 48.5 Å². The molecule has 3 aromatic rings. The monoisotopic (exact) mass is 309 g/mol. The lowest BCUT2D eigenvalue weighted by Crippen LogP contribution is -2.07. The van der Waals surface area contributed by atoms with Crippen molar-refractivity contribution in [1.29, 1.82) is 0 Å². The van der Waals surface area contributed by atoms with E-state index < -0.39 is 0 Å². The van der Waals surface area contributed by atoms with Crippen molar-refractivity contribution >= 4 is 16.7 Å². The van der Waals surface area contributed by atoms with Crippen molar-refractivity contribution in [3.8, 4) is 17.1 Å². The number of nitrogens with one attached hydrogen (secondary N) is 1. The van der Waals surface area contributed by atoms with Gasteiger partial charge in [0.05, 0.1) is 11.1 Å². The van der Waals surface area contributed by atoms with E-state index in [-0.39, 0.29) is 5.75 Å². The zero-order chi connectivity index (χ0) is 16.1. The van der Waals surface area contributed by atoms with Crippen molar-refractivity contribution < 1.29 is 9.84 Å². The third-order valence-corrected chi connectivity index (χ3v) is 3.57. The smallest absolute Gasteiger partial charge is 0.165 e. The van der Waals surface area contributed by atoms with Crippen LogP contribution in [0.25, 0.3) is 22.3 Å². The molecule has 0 aliphatic carbocycles. The van der Waals surface area contributed by atoms with Gasteiger partial charge in [0.2, 0.25) is 0 Å². The predicted molar refractivity (Wildman–Crippen MR) is 91.6 cm³/mol. The van der Waals surface area contributed by atoms with E-state index in [0.29, 0.717) is 18.0 Å². The number of benzene rings is 2. The molecule has 1 heterocycles.